The van der Waals surface area contributed by atoms with Crippen LogP contribution in [0.4, 0.5) is 5.82 Å². The van der Waals surface area contributed by atoms with Crippen molar-refractivity contribution in [2.45, 2.75) is 13.8 Å². The molecule has 0 radical (unpaired) electrons. The summed E-state index contributed by atoms with van der Waals surface area (Å²) in [5, 5.41) is 15.5. The van der Waals surface area contributed by atoms with E-state index in [0.717, 1.165) is 11.1 Å². The number of carbonyl (C=O) groups excluding carboxylic acids is 1. The molecule has 6 nitrogen and oxygen atoms in total. The molecule has 0 saturated heterocycles. The van der Waals surface area contributed by atoms with Crippen LogP contribution in [-0.4, -0.2) is 22.3 Å². The van der Waals surface area contributed by atoms with Gasteiger partial charge in [0.1, 0.15) is 23.2 Å². The Labute approximate surface area is 123 Å². The third-order valence-electron chi connectivity index (χ3n) is 3.23. The number of hydrogen-bond acceptors (Lipinski definition) is 4. The number of aromatic nitrogens is 2. The molecule has 0 spiro atoms. The maximum atomic E-state index is 11.9. The lowest BCUT2D eigenvalue weighted by molar-refractivity contribution is -0.118. The van der Waals surface area contributed by atoms with Gasteiger partial charge >= 0.3 is 0 Å². The largest absolute Gasteiger partial charge is 0.483 e. The molecule has 1 heterocycles. The molecular weight excluding hydrogens is 268 g/mol. The number of rotatable bonds is 4. The van der Waals surface area contributed by atoms with Crippen LogP contribution < -0.4 is 10.1 Å². The SMILES string of the molecule is Cc1cccc(OCC(=O)Nc2c(C#N)cnn2C)c1C. The van der Waals surface area contributed by atoms with E-state index in [4.69, 9.17) is 10.00 Å². The summed E-state index contributed by atoms with van der Waals surface area (Å²) in [7, 11) is 1.65. The number of amides is 1. The molecule has 0 unspecified atom stereocenters. The Hall–Kier alpha value is -2.81. The average Bonchev–Trinajstić information content (AvgIpc) is 2.81. The van der Waals surface area contributed by atoms with Crippen LogP contribution in [0, 0.1) is 25.2 Å². The van der Waals surface area contributed by atoms with Crippen molar-refractivity contribution < 1.29 is 9.53 Å². The van der Waals surface area contributed by atoms with Crippen LogP contribution in [0.1, 0.15) is 16.7 Å². The lowest BCUT2D eigenvalue weighted by Crippen LogP contribution is -2.22. The summed E-state index contributed by atoms with van der Waals surface area (Å²) in [5.41, 5.74) is 2.42. The molecule has 1 aromatic heterocycles. The second kappa shape index (κ2) is 6.09. The minimum absolute atomic E-state index is 0.125. The van der Waals surface area contributed by atoms with Crippen LogP contribution in [0.15, 0.2) is 24.4 Å². The molecule has 0 bridgehead atoms. The molecule has 1 aromatic carbocycles. The van der Waals surface area contributed by atoms with Gasteiger partial charge in [-0.15, -0.1) is 0 Å². The minimum Gasteiger partial charge on any atom is -0.483 e. The average molecular weight is 284 g/mol. The summed E-state index contributed by atoms with van der Waals surface area (Å²) in [5.74, 6) is 0.707. The van der Waals surface area contributed by atoms with E-state index in [1.54, 1.807) is 7.05 Å². The Bertz CT molecular complexity index is 713. The highest BCUT2D eigenvalue weighted by Crippen LogP contribution is 2.20. The van der Waals surface area contributed by atoms with Crippen LogP contribution in [0.2, 0.25) is 0 Å². The number of carbonyl (C=O) groups is 1. The molecule has 2 aromatic rings. The molecule has 0 aliphatic rings. The molecule has 6 heteroatoms. The Kier molecular flexibility index (Phi) is 4.24. The van der Waals surface area contributed by atoms with Crippen LogP contribution in [0.5, 0.6) is 5.75 Å². The van der Waals surface area contributed by atoms with Crippen molar-refractivity contribution in [2.24, 2.45) is 7.05 Å². The summed E-state index contributed by atoms with van der Waals surface area (Å²) in [6, 6.07) is 7.66. The van der Waals surface area contributed by atoms with Gasteiger partial charge in [-0.1, -0.05) is 12.1 Å². The van der Waals surface area contributed by atoms with E-state index >= 15 is 0 Å². The maximum absolute atomic E-state index is 11.9. The molecule has 0 aliphatic heterocycles. The van der Waals surface area contributed by atoms with Crippen molar-refractivity contribution in [1.82, 2.24) is 9.78 Å². The van der Waals surface area contributed by atoms with Gasteiger partial charge in [0.2, 0.25) is 0 Å². The van der Waals surface area contributed by atoms with Gasteiger partial charge in [0, 0.05) is 7.05 Å². The number of aryl methyl sites for hydroxylation is 2. The number of anilines is 1. The molecule has 1 amide bonds. The Morgan fingerprint density at radius 3 is 2.95 bits per heavy atom. The molecule has 0 fully saturated rings. The van der Waals surface area contributed by atoms with Gasteiger partial charge in [0.05, 0.1) is 6.20 Å². The van der Waals surface area contributed by atoms with Gasteiger partial charge in [-0.3, -0.25) is 9.48 Å². The van der Waals surface area contributed by atoms with E-state index in [-0.39, 0.29) is 12.5 Å². The predicted molar refractivity (Wildman–Crippen MR) is 78.0 cm³/mol. The quantitative estimate of drug-likeness (QED) is 0.930. The number of hydrogen-bond donors (Lipinski definition) is 1. The van der Waals surface area contributed by atoms with Crippen molar-refractivity contribution in [3.05, 3.63) is 41.1 Å². The van der Waals surface area contributed by atoms with Crippen molar-refractivity contribution in [1.29, 1.82) is 5.26 Å². The number of nitrogens with one attached hydrogen (secondary N) is 1. The molecule has 2 rings (SSSR count). The topological polar surface area (TPSA) is 79.9 Å². The number of ether oxygens (including phenoxy) is 1. The molecule has 0 atom stereocenters. The maximum Gasteiger partial charge on any atom is 0.263 e. The normalized spacial score (nSPS) is 10.0. The summed E-state index contributed by atoms with van der Waals surface area (Å²) in [6.45, 7) is 3.80. The standard InChI is InChI=1S/C15H16N4O2/c1-10-5-4-6-13(11(10)2)21-9-14(20)18-15-12(7-16)8-17-19(15)3/h4-6,8H,9H2,1-3H3,(H,18,20). The Morgan fingerprint density at radius 2 is 2.24 bits per heavy atom. The highest BCUT2D eigenvalue weighted by Gasteiger charge is 2.12. The lowest BCUT2D eigenvalue weighted by atomic mass is 10.1. The van der Waals surface area contributed by atoms with Gasteiger partial charge in [0.25, 0.3) is 5.91 Å². The number of benzene rings is 1. The lowest BCUT2D eigenvalue weighted by Gasteiger charge is -2.11. The van der Waals surface area contributed by atoms with Crippen LogP contribution in [0.3, 0.4) is 0 Å². The predicted octanol–water partition coefficient (Wildman–Crippen LogP) is 1.93. The third kappa shape index (κ3) is 3.20. The molecule has 21 heavy (non-hydrogen) atoms. The first kappa shape index (κ1) is 14.6. The van der Waals surface area contributed by atoms with E-state index in [1.807, 2.05) is 38.1 Å². The minimum atomic E-state index is -0.337. The first-order valence-electron chi connectivity index (χ1n) is 6.44. The van der Waals surface area contributed by atoms with Crippen molar-refractivity contribution in [3.63, 3.8) is 0 Å². The summed E-state index contributed by atoms with van der Waals surface area (Å²) in [4.78, 5) is 11.9. The smallest absolute Gasteiger partial charge is 0.263 e. The summed E-state index contributed by atoms with van der Waals surface area (Å²) in [6.07, 6.45) is 1.40. The second-order valence-corrected chi connectivity index (χ2v) is 4.68. The highest BCUT2D eigenvalue weighted by molar-refractivity contribution is 5.92. The van der Waals surface area contributed by atoms with E-state index in [0.29, 0.717) is 17.1 Å². The molecule has 108 valence electrons. The zero-order valence-corrected chi connectivity index (χ0v) is 12.2. The van der Waals surface area contributed by atoms with Crippen molar-refractivity contribution >= 4 is 11.7 Å². The van der Waals surface area contributed by atoms with Gasteiger partial charge < -0.3 is 10.1 Å². The Morgan fingerprint density at radius 1 is 1.48 bits per heavy atom. The summed E-state index contributed by atoms with van der Waals surface area (Å²) < 4.78 is 6.96. The zero-order chi connectivity index (χ0) is 15.4. The first-order chi connectivity index (χ1) is 10.0. The van der Waals surface area contributed by atoms with Gasteiger partial charge in [-0.25, -0.2) is 0 Å². The third-order valence-corrected chi connectivity index (χ3v) is 3.23. The monoisotopic (exact) mass is 284 g/mol. The zero-order valence-electron chi connectivity index (χ0n) is 12.2. The second-order valence-electron chi connectivity index (χ2n) is 4.68. The molecule has 1 N–H and O–H groups in total. The number of nitrogens with zero attached hydrogens (tertiary/aromatic N) is 3. The fraction of sp³-hybridized carbons (Fsp3) is 0.267. The molecule has 0 aliphatic carbocycles. The van der Waals surface area contributed by atoms with Gasteiger partial charge in [-0.2, -0.15) is 10.4 Å². The van der Waals surface area contributed by atoms with Crippen LogP contribution >= 0.6 is 0 Å². The van der Waals surface area contributed by atoms with Crippen molar-refractivity contribution in [3.8, 4) is 11.8 Å². The van der Waals surface area contributed by atoms with E-state index in [9.17, 15) is 4.79 Å². The fourth-order valence-electron chi connectivity index (χ4n) is 1.86. The molecular formula is C15H16N4O2. The number of nitriles is 1. The van der Waals surface area contributed by atoms with Crippen molar-refractivity contribution in [2.75, 3.05) is 11.9 Å². The summed E-state index contributed by atoms with van der Waals surface area (Å²) >= 11 is 0. The molecule has 0 saturated carbocycles. The van der Waals surface area contributed by atoms with Crippen LogP contribution in [-0.2, 0) is 11.8 Å². The van der Waals surface area contributed by atoms with E-state index < -0.39 is 0 Å². The fourth-order valence-corrected chi connectivity index (χ4v) is 1.86. The van der Waals surface area contributed by atoms with E-state index in [2.05, 4.69) is 10.4 Å². The van der Waals surface area contributed by atoms with E-state index in [1.165, 1.54) is 10.9 Å². The first-order valence-corrected chi connectivity index (χ1v) is 6.44. The van der Waals surface area contributed by atoms with Gasteiger partial charge in [-0.05, 0) is 31.0 Å². The van der Waals surface area contributed by atoms with Crippen LogP contribution in [0.25, 0.3) is 0 Å². The Balaban J connectivity index is 2.01. The highest BCUT2D eigenvalue weighted by atomic mass is 16.5. The van der Waals surface area contributed by atoms with Gasteiger partial charge in [0.15, 0.2) is 6.61 Å².